The molecule has 29 heavy (non-hydrogen) atoms. The summed E-state index contributed by atoms with van der Waals surface area (Å²) < 4.78 is 25.6. The zero-order valence-corrected chi connectivity index (χ0v) is 19.4. The predicted octanol–water partition coefficient (Wildman–Crippen LogP) is 3.83. The lowest BCUT2D eigenvalue weighted by Crippen LogP contribution is -2.38. The summed E-state index contributed by atoms with van der Waals surface area (Å²) in [7, 11) is -1.05. The van der Waals surface area contributed by atoms with Gasteiger partial charge in [0.1, 0.15) is 5.82 Å². The van der Waals surface area contributed by atoms with Gasteiger partial charge in [-0.1, -0.05) is 18.2 Å². The summed E-state index contributed by atoms with van der Waals surface area (Å²) in [6.45, 7) is 3.93. The van der Waals surface area contributed by atoms with Crippen LogP contribution < -0.4 is 10.6 Å². The third-order valence-corrected chi connectivity index (χ3v) is 5.66. The van der Waals surface area contributed by atoms with E-state index in [9.17, 15) is 8.60 Å². The van der Waals surface area contributed by atoms with Gasteiger partial charge in [0.15, 0.2) is 5.96 Å². The number of nitrogens with zero attached hydrogens (tertiary/aromatic N) is 1. The molecule has 1 aromatic heterocycles. The molecule has 1 atom stereocenters. The quantitative estimate of drug-likeness (QED) is 0.237. The first-order valence-electron chi connectivity index (χ1n) is 9.38. The average molecular weight is 528 g/mol. The van der Waals surface area contributed by atoms with Crippen LogP contribution in [0, 0.1) is 5.82 Å². The second kappa shape index (κ2) is 11.9. The topological polar surface area (TPSA) is 69.3 Å². The third kappa shape index (κ3) is 6.81. The fourth-order valence-electron chi connectivity index (χ4n) is 2.95. The van der Waals surface area contributed by atoms with Gasteiger partial charge in [-0.3, -0.25) is 9.20 Å². The molecule has 0 spiro atoms. The molecule has 3 aromatic rings. The van der Waals surface area contributed by atoms with Crippen molar-refractivity contribution in [3.05, 3.63) is 66.1 Å². The third-order valence-electron chi connectivity index (χ3n) is 4.31. The lowest BCUT2D eigenvalue weighted by atomic mass is 10.1. The molecular formula is C21H26FIN4OS. The van der Waals surface area contributed by atoms with E-state index in [1.54, 1.807) is 6.07 Å². The molecule has 0 amide bonds. The number of guanidine groups is 1. The maximum Gasteiger partial charge on any atom is 0.191 e. The van der Waals surface area contributed by atoms with Crippen molar-refractivity contribution in [1.29, 1.82) is 0 Å². The van der Waals surface area contributed by atoms with E-state index in [-0.39, 0.29) is 29.8 Å². The Labute approximate surface area is 190 Å². The summed E-state index contributed by atoms with van der Waals surface area (Å²) >= 11 is 0. The number of fused-ring (bicyclic) bond motifs is 1. The summed E-state index contributed by atoms with van der Waals surface area (Å²) in [4.78, 5) is 8.45. The number of halogens is 2. The van der Waals surface area contributed by atoms with Crippen LogP contribution in [0.5, 0.6) is 0 Å². The van der Waals surface area contributed by atoms with Crippen LogP contribution in [0.25, 0.3) is 10.9 Å². The van der Waals surface area contributed by atoms with Crippen LogP contribution in [0.1, 0.15) is 12.5 Å². The van der Waals surface area contributed by atoms with Crippen LogP contribution in [0.4, 0.5) is 4.39 Å². The smallest absolute Gasteiger partial charge is 0.191 e. The molecule has 156 valence electrons. The highest BCUT2D eigenvalue weighted by Gasteiger charge is 2.06. The molecular weight excluding hydrogens is 502 g/mol. The Morgan fingerprint density at radius 1 is 1.17 bits per heavy atom. The number of hydrogen-bond donors (Lipinski definition) is 3. The van der Waals surface area contributed by atoms with Crippen LogP contribution >= 0.6 is 24.0 Å². The van der Waals surface area contributed by atoms with E-state index in [0.717, 1.165) is 34.3 Å². The number of benzene rings is 2. The lowest BCUT2D eigenvalue weighted by Gasteiger charge is -2.11. The van der Waals surface area contributed by atoms with Gasteiger partial charge in [0.2, 0.25) is 0 Å². The molecule has 0 fully saturated rings. The fraction of sp³-hybridized carbons (Fsp3) is 0.286. The van der Waals surface area contributed by atoms with Gasteiger partial charge in [-0.2, -0.15) is 0 Å². The second-order valence-corrected chi connectivity index (χ2v) is 7.87. The summed E-state index contributed by atoms with van der Waals surface area (Å²) in [5, 5.41) is 7.53. The van der Waals surface area contributed by atoms with Gasteiger partial charge in [-0.25, -0.2) is 4.39 Å². The number of aromatic amines is 1. The SMILES string of the molecule is CCNC(=NCCS(=O)c1ccccc1)NCCc1c[nH]c2cc(F)ccc12.I. The zero-order chi connectivity index (χ0) is 19.8. The summed E-state index contributed by atoms with van der Waals surface area (Å²) in [5.41, 5.74) is 1.93. The normalized spacial score (nSPS) is 12.4. The van der Waals surface area contributed by atoms with Gasteiger partial charge in [0, 0.05) is 40.8 Å². The predicted molar refractivity (Wildman–Crippen MR) is 129 cm³/mol. The highest BCUT2D eigenvalue weighted by atomic mass is 127. The van der Waals surface area contributed by atoms with E-state index in [1.807, 2.05) is 43.5 Å². The highest BCUT2D eigenvalue weighted by Crippen LogP contribution is 2.19. The molecule has 3 N–H and O–H groups in total. The Morgan fingerprint density at radius 2 is 1.97 bits per heavy atom. The van der Waals surface area contributed by atoms with Gasteiger partial charge in [0.05, 0.1) is 17.3 Å². The number of H-pyrrole nitrogens is 1. The fourth-order valence-corrected chi connectivity index (χ4v) is 3.91. The number of nitrogens with one attached hydrogen (secondary N) is 3. The average Bonchev–Trinajstić information content (AvgIpc) is 3.10. The summed E-state index contributed by atoms with van der Waals surface area (Å²) in [6.07, 6.45) is 2.70. The molecule has 0 saturated carbocycles. The zero-order valence-electron chi connectivity index (χ0n) is 16.3. The van der Waals surface area contributed by atoms with Gasteiger partial charge in [-0.15, -0.1) is 24.0 Å². The van der Waals surface area contributed by atoms with Gasteiger partial charge in [-0.05, 0) is 49.2 Å². The van der Waals surface area contributed by atoms with Crippen molar-refractivity contribution in [3.8, 4) is 0 Å². The van der Waals surface area contributed by atoms with Crippen molar-refractivity contribution in [2.75, 3.05) is 25.4 Å². The first kappa shape index (κ1) is 23.3. The van der Waals surface area contributed by atoms with Crippen LogP contribution in [-0.4, -0.2) is 40.5 Å². The molecule has 1 heterocycles. The number of aromatic nitrogens is 1. The van der Waals surface area contributed by atoms with Crippen LogP contribution in [-0.2, 0) is 17.2 Å². The number of hydrogen-bond acceptors (Lipinski definition) is 2. The Bertz CT molecular complexity index is 962. The van der Waals surface area contributed by atoms with Crippen LogP contribution in [0.2, 0.25) is 0 Å². The van der Waals surface area contributed by atoms with E-state index in [0.29, 0.717) is 24.8 Å². The van der Waals surface area contributed by atoms with E-state index in [1.165, 1.54) is 12.1 Å². The van der Waals surface area contributed by atoms with E-state index < -0.39 is 10.8 Å². The minimum atomic E-state index is -1.05. The lowest BCUT2D eigenvalue weighted by molar-refractivity contribution is 0.629. The second-order valence-electron chi connectivity index (χ2n) is 6.30. The first-order chi connectivity index (χ1) is 13.7. The van der Waals surface area contributed by atoms with Gasteiger partial charge in [0.25, 0.3) is 0 Å². The number of aliphatic imine (C=N–C) groups is 1. The maximum atomic E-state index is 13.3. The van der Waals surface area contributed by atoms with E-state index >= 15 is 0 Å². The largest absolute Gasteiger partial charge is 0.361 e. The van der Waals surface area contributed by atoms with E-state index in [4.69, 9.17) is 0 Å². The van der Waals surface area contributed by atoms with Crippen LogP contribution in [0.3, 0.4) is 0 Å². The number of rotatable bonds is 8. The van der Waals surface area contributed by atoms with Crippen molar-refractivity contribution in [2.24, 2.45) is 4.99 Å². The molecule has 5 nitrogen and oxygen atoms in total. The molecule has 0 saturated heterocycles. The Morgan fingerprint density at radius 3 is 2.72 bits per heavy atom. The maximum absolute atomic E-state index is 13.3. The molecule has 0 aliphatic heterocycles. The summed E-state index contributed by atoms with van der Waals surface area (Å²) in [6, 6.07) is 14.2. The van der Waals surface area contributed by atoms with Crippen molar-refractivity contribution < 1.29 is 8.60 Å². The Hall–Kier alpha value is -1.94. The van der Waals surface area contributed by atoms with Crippen molar-refractivity contribution >= 4 is 51.6 Å². The minimum Gasteiger partial charge on any atom is -0.361 e. The molecule has 0 radical (unpaired) electrons. The van der Waals surface area contributed by atoms with Crippen molar-refractivity contribution in [1.82, 2.24) is 15.6 Å². The van der Waals surface area contributed by atoms with Gasteiger partial charge < -0.3 is 15.6 Å². The molecule has 1 unspecified atom stereocenters. The Kier molecular flexibility index (Phi) is 9.59. The molecule has 0 aliphatic rings. The Balaban J connectivity index is 0.00000300. The highest BCUT2D eigenvalue weighted by molar-refractivity contribution is 14.0. The first-order valence-corrected chi connectivity index (χ1v) is 10.7. The van der Waals surface area contributed by atoms with E-state index in [2.05, 4.69) is 20.6 Å². The van der Waals surface area contributed by atoms with Crippen molar-refractivity contribution in [2.45, 2.75) is 18.2 Å². The molecule has 8 heteroatoms. The molecule has 0 aliphatic carbocycles. The van der Waals surface area contributed by atoms with Crippen molar-refractivity contribution in [3.63, 3.8) is 0 Å². The van der Waals surface area contributed by atoms with Gasteiger partial charge >= 0.3 is 0 Å². The minimum absolute atomic E-state index is 0. The molecule has 0 bridgehead atoms. The molecule has 2 aromatic carbocycles. The monoisotopic (exact) mass is 528 g/mol. The van der Waals surface area contributed by atoms with Crippen LogP contribution in [0.15, 0.2) is 64.6 Å². The standard InChI is InChI=1S/C21H25FN4OS.HI/c1-2-23-21(25-12-13-28(27)18-6-4-3-5-7-18)24-11-10-16-15-26-20-14-17(22)8-9-19(16)20;/h3-9,14-15,26H,2,10-13H2,1H3,(H2,23,24,25);1H. The molecule has 3 rings (SSSR count). The summed E-state index contributed by atoms with van der Waals surface area (Å²) in [5.74, 6) is 0.946.